The SMILES string of the molecule is COc1ccccc1OC(C)CNc1c([N+](=O)[O-])c(C)nn1C. The van der Waals surface area contributed by atoms with Crippen molar-refractivity contribution in [3.05, 3.63) is 40.1 Å². The molecular weight excluding hydrogens is 300 g/mol. The van der Waals surface area contributed by atoms with Crippen molar-refractivity contribution >= 4 is 11.5 Å². The highest BCUT2D eigenvalue weighted by molar-refractivity contribution is 5.59. The van der Waals surface area contributed by atoms with Crippen molar-refractivity contribution in [3.8, 4) is 11.5 Å². The summed E-state index contributed by atoms with van der Waals surface area (Å²) < 4.78 is 12.5. The van der Waals surface area contributed by atoms with E-state index in [0.29, 0.717) is 29.6 Å². The Balaban J connectivity index is 2.05. The second-order valence-electron chi connectivity index (χ2n) is 5.12. The first-order valence-corrected chi connectivity index (χ1v) is 7.15. The molecule has 1 unspecified atom stereocenters. The lowest BCUT2D eigenvalue weighted by molar-refractivity contribution is -0.384. The summed E-state index contributed by atoms with van der Waals surface area (Å²) in [6, 6.07) is 7.33. The van der Waals surface area contributed by atoms with Crippen molar-refractivity contribution in [1.82, 2.24) is 9.78 Å². The molecule has 1 atom stereocenters. The number of nitrogens with zero attached hydrogens (tertiary/aromatic N) is 3. The first-order chi connectivity index (χ1) is 10.9. The Labute approximate surface area is 134 Å². The number of rotatable bonds is 7. The van der Waals surface area contributed by atoms with Crippen molar-refractivity contribution in [2.75, 3.05) is 19.0 Å². The van der Waals surface area contributed by atoms with Crippen LogP contribution in [0.2, 0.25) is 0 Å². The molecule has 0 aliphatic carbocycles. The van der Waals surface area contributed by atoms with E-state index in [9.17, 15) is 10.1 Å². The molecule has 23 heavy (non-hydrogen) atoms. The molecule has 0 fully saturated rings. The van der Waals surface area contributed by atoms with E-state index in [1.54, 1.807) is 21.1 Å². The van der Waals surface area contributed by atoms with E-state index in [1.165, 1.54) is 4.68 Å². The van der Waals surface area contributed by atoms with Crippen LogP contribution < -0.4 is 14.8 Å². The number of nitrogens with one attached hydrogen (secondary N) is 1. The van der Waals surface area contributed by atoms with Gasteiger partial charge in [0.2, 0.25) is 5.82 Å². The van der Waals surface area contributed by atoms with E-state index >= 15 is 0 Å². The molecular formula is C15H20N4O4. The number of benzene rings is 1. The van der Waals surface area contributed by atoms with Crippen molar-refractivity contribution in [1.29, 1.82) is 0 Å². The maximum Gasteiger partial charge on any atom is 0.333 e. The van der Waals surface area contributed by atoms with Gasteiger partial charge in [-0.2, -0.15) is 5.10 Å². The fourth-order valence-corrected chi connectivity index (χ4v) is 2.28. The predicted molar refractivity (Wildman–Crippen MR) is 86.2 cm³/mol. The molecule has 0 saturated heterocycles. The monoisotopic (exact) mass is 320 g/mol. The van der Waals surface area contributed by atoms with Crippen molar-refractivity contribution in [2.24, 2.45) is 7.05 Å². The van der Waals surface area contributed by atoms with E-state index in [0.717, 1.165) is 0 Å². The summed E-state index contributed by atoms with van der Waals surface area (Å²) in [5.74, 6) is 1.63. The maximum absolute atomic E-state index is 11.1. The van der Waals surface area contributed by atoms with Crippen molar-refractivity contribution in [3.63, 3.8) is 0 Å². The third kappa shape index (κ3) is 3.71. The van der Waals surface area contributed by atoms with E-state index < -0.39 is 4.92 Å². The highest BCUT2D eigenvalue weighted by atomic mass is 16.6. The van der Waals surface area contributed by atoms with Gasteiger partial charge in [-0.15, -0.1) is 0 Å². The molecule has 0 amide bonds. The van der Waals surface area contributed by atoms with Gasteiger partial charge in [0.1, 0.15) is 11.8 Å². The zero-order valence-corrected chi connectivity index (χ0v) is 13.6. The molecule has 0 bridgehead atoms. The minimum absolute atomic E-state index is 0.0167. The highest BCUT2D eigenvalue weighted by Gasteiger charge is 2.24. The predicted octanol–water partition coefficient (Wildman–Crippen LogP) is 2.52. The van der Waals surface area contributed by atoms with Crippen LogP contribution in [0.5, 0.6) is 11.5 Å². The summed E-state index contributed by atoms with van der Waals surface area (Å²) in [7, 11) is 3.24. The molecule has 0 saturated carbocycles. The average Bonchev–Trinajstić information content (AvgIpc) is 2.79. The van der Waals surface area contributed by atoms with Gasteiger partial charge in [0.05, 0.1) is 18.6 Å². The van der Waals surface area contributed by atoms with Crippen LogP contribution in [0.1, 0.15) is 12.6 Å². The molecule has 124 valence electrons. The van der Waals surface area contributed by atoms with Gasteiger partial charge in [0.15, 0.2) is 11.5 Å². The zero-order valence-electron chi connectivity index (χ0n) is 13.6. The normalized spacial score (nSPS) is 11.8. The summed E-state index contributed by atoms with van der Waals surface area (Å²) in [5, 5.41) is 18.2. The first-order valence-electron chi connectivity index (χ1n) is 7.15. The largest absolute Gasteiger partial charge is 0.493 e. The van der Waals surface area contributed by atoms with Gasteiger partial charge in [0, 0.05) is 7.05 Å². The number of para-hydroxylation sites is 2. The van der Waals surface area contributed by atoms with E-state index in [2.05, 4.69) is 10.4 Å². The Morgan fingerprint density at radius 1 is 1.39 bits per heavy atom. The number of hydrogen-bond donors (Lipinski definition) is 1. The Kier molecular flexibility index (Phi) is 5.05. The van der Waals surface area contributed by atoms with Crippen molar-refractivity contribution < 1.29 is 14.4 Å². The molecule has 2 aromatic rings. The molecule has 0 radical (unpaired) electrons. The van der Waals surface area contributed by atoms with Gasteiger partial charge >= 0.3 is 5.69 Å². The topological polar surface area (TPSA) is 91.4 Å². The molecule has 0 spiro atoms. The highest BCUT2D eigenvalue weighted by Crippen LogP contribution is 2.29. The second kappa shape index (κ2) is 6.99. The Morgan fingerprint density at radius 2 is 2.04 bits per heavy atom. The summed E-state index contributed by atoms with van der Waals surface area (Å²) in [6.07, 6.45) is -0.221. The maximum atomic E-state index is 11.1. The smallest absolute Gasteiger partial charge is 0.333 e. The minimum atomic E-state index is -0.434. The minimum Gasteiger partial charge on any atom is -0.493 e. The van der Waals surface area contributed by atoms with Gasteiger partial charge in [-0.3, -0.25) is 10.1 Å². The van der Waals surface area contributed by atoms with Crippen LogP contribution in [0.4, 0.5) is 11.5 Å². The molecule has 8 heteroatoms. The summed E-state index contributed by atoms with van der Waals surface area (Å²) in [4.78, 5) is 10.7. The lowest BCUT2D eigenvalue weighted by Crippen LogP contribution is -2.24. The van der Waals surface area contributed by atoms with Crippen LogP contribution in [0.3, 0.4) is 0 Å². The number of nitro groups is 1. The van der Waals surface area contributed by atoms with Gasteiger partial charge in [0.25, 0.3) is 0 Å². The van der Waals surface area contributed by atoms with Crippen molar-refractivity contribution in [2.45, 2.75) is 20.0 Å². The Bertz CT molecular complexity index is 699. The van der Waals surface area contributed by atoms with E-state index in [1.807, 2.05) is 31.2 Å². The van der Waals surface area contributed by atoms with Gasteiger partial charge in [-0.05, 0) is 26.0 Å². The first kappa shape index (κ1) is 16.6. The van der Waals surface area contributed by atoms with Gasteiger partial charge in [-0.25, -0.2) is 4.68 Å². The summed E-state index contributed by atoms with van der Waals surface area (Å²) >= 11 is 0. The van der Waals surface area contributed by atoms with Crippen LogP contribution in [-0.2, 0) is 7.05 Å². The van der Waals surface area contributed by atoms with E-state index in [4.69, 9.17) is 9.47 Å². The summed E-state index contributed by atoms with van der Waals surface area (Å²) in [5.41, 5.74) is 0.357. The number of ether oxygens (including phenoxy) is 2. The zero-order chi connectivity index (χ0) is 17.0. The lowest BCUT2D eigenvalue weighted by Gasteiger charge is -2.17. The van der Waals surface area contributed by atoms with Crippen LogP contribution >= 0.6 is 0 Å². The lowest BCUT2D eigenvalue weighted by atomic mass is 10.3. The van der Waals surface area contributed by atoms with Crippen LogP contribution in [-0.4, -0.2) is 34.5 Å². The molecule has 0 aliphatic heterocycles. The third-order valence-corrected chi connectivity index (χ3v) is 3.33. The third-order valence-electron chi connectivity index (χ3n) is 3.33. The second-order valence-corrected chi connectivity index (χ2v) is 5.12. The number of anilines is 1. The van der Waals surface area contributed by atoms with Gasteiger partial charge in [-0.1, -0.05) is 12.1 Å². The van der Waals surface area contributed by atoms with Crippen LogP contribution in [0, 0.1) is 17.0 Å². The molecule has 1 aromatic heterocycles. The fourth-order valence-electron chi connectivity index (χ4n) is 2.28. The number of aromatic nitrogens is 2. The van der Waals surface area contributed by atoms with Gasteiger partial charge < -0.3 is 14.8 Å². The number of hydrogen-bond acceptors (Lipinski definition) is 6. The fraction of sp³-hybridized carbons (Fsp3) is 0.400. The molecule has 0 aliphatic rings. The molecule has 1 heterocycles. The average molecular weight is 320 g/mol. The number of methoxy groups -OCH3 is 1. The van der Waals surface area contributed by atoms with Crippen LogP contribution in [0.25, 0.3) is 0 Å². The summed E-state index contributed by atoms with van der Waals surface area (Å²) in [6.45, 7) is 3.87. The molecule has 1 aromatic carbocycles. The standard InChI is InChI=1S/C15H20N4O4/c1-10(23-13-8-6-5-7-12(13)22-4)9-16-15-14(19(20)21)11(2)17-18(15)3/h5-8,10,16H,9H2,1-4H3. The Morgan fingerprint density at radius 3 is 2.65 bits per heavy atom. The molecule has 8 nitrogen and oxygen atoms in total. The quantitative estimate of drug-likeness (QED) is 0.622. The van der Waals surface area contributed by atoms with Crippen LogP contribution in [0.15, 0.2) is 24.3 Å². The molecule has 2 rings (SSSR count). The number of aryl methyl sites for hydroxylation is 2. The van der Waals surface area contributed by atoms with E-state index in [-0.39, 0.29) is 11.8 Å². The Hall–Kier alpha value is -2.77. The molecule has 1 N–H and O–H groups in total.